The number of nitrogens with two attached hydrogens (primary N) is 1. The molecule has 0 aliphatic heterocycles. The Kier molecular flexibility index (Phi) is 4.36. The number of ether oxygens (including phenoxy) is 1. The minimum Gasteiger partial charge on any atom is -0.477 e. The van der Waals surface area contributed by atoms with E-state index in [4.69, 9.17) is 27.5 Å². The standard InChI is InChI=1S/C12H17ClN4O/c13-12-16-10(15)9(6-14)11(17-12)18-7-8-4-2-1-3-5-8/h6,8,14H,1-5,7H2,(H2,15,16,17). The van der Waals surface area contributed by atoms with Crippen molar-refractivity contribution < 1.29 is 4.74 Å². The van der Waals surface area contributed by atoms with E-state index in [1.54, 1.807) is 0 Å². The highest BCUT2D eigenvalue weighted by Crippen LogP contribution is 2.26. The number of hydrogen-bond acceptors (Lipinski definition) is 5. The molecule has 0 saturated heterocycles. The molecule has 0 unspecified atom stereocenters. The van der Waals surface area contributed by atoms with Crippen LogP contribution in [0.1, 0.15) is 37.7 Å². The Hall–Kier alpha value is -1.36. The molecule has 1 aromatic heterocycles. The first-order chi connectivity index (χ1) is 8.70. The molecule has 0 bridgehead atoms. The molecule has 0 radical (unpaired) electrons. The molecule has 1 aliphatic rings. The van der Waals surface area contributed by atoms with E-state index >= 15 is 0 Å². The van der Waals surface area contributed by atoms with Crippen molar-refractivity contribution in [1.82, 2.24) is 9.97 Å². The van der Waals surface area contributed by atoms with Gasteiger partial charge in [-0.15, -0.1) is 0 Å². The summed E-state index contributed by atoms with van der Waals surface area (Å²) >= 11 is 5.74. The maximum atomic E-state index is 7.31. The maximum absolute atomic E-state index is 7.31. The zero-order valence-electron chi connectivity index (χ0n) is 10.2. The molecule has 1 fully saturated rings. The quantitative estimate of drug-likeness (QED) is 0.649. The van der Waals surface area contributed by atoms with Crippen LogP contribution in [0.2, 0.25) is 5.28 Å². The van der Waals surface area contributed by atoms with Gasteiger partial charge in [0.1, 0.15) is 5.82 Å². The second-order valence-electron chi connectivity index (χ2n) is 4.56. The molecule has 18 heavy (non-hydrogen) atoms. The van der Waals surface area contributed by atoms with Crippen molar-refractivity contribution in [3.63, 3.8) is 0 Å². The Balaban J connectivity index is 2.05. The van der Waals surface area contributed by atoms with Gasteiger partial charge >= 0.3 is 0 Å². The van der Waals surface area contributed by atoms with Crippen LogP contribution in [-0.4, -0.2) is 22.8 Å². The van der Waals surface area contributed by atoms with E-state index in [2.05, 4.69) is 9.97 Å². The zero-order chi connectivity index (χ0) is 13.0. The lowest BCUT2D eigenvalue weighted by Gasteiger charge is -2.21. The fraction of sp³-hybridized carbons (Fsp3) is 0.583. The van der Waals surface area contributed by atoms with Crippen molar-refractivity contribution in [2.75, 3.05) is 12.3 Å². The van der Waals surface area contributed by atoms with E-state index in [1.807, 2.05) is 0 Å². The molecular weight excluding hydrogens is 252 g/mol. The van der Waals surface area contributed by atoms with Crippen molar-refractivity contribution >= 4 is 23.6 Å². The summed E-state index contributed by atoms with van der Waals surface area (Å²) in [4.78, 5) is 7.79. The highest BCUT2D eigenvalue weighted by Gasteiger charge is 2.16. The van der Waals surface area contributed by atoms with Gasteiger partial charge in [-0.25, -0.2) is 4.98 Å². The summed E-state index contributed by atoms with van der Waals surface area (Å²) in [5, 5.41) is 7.36. The number of hydrogen-bond donors (Lipinski definition) is 2. The van der Waals surface area contributed by atoms with E-state index in [1.165, 1.54) is 32.1 Å². The summed E-state index contributed by atoms with van der Waals surface area (Å²) in [6.45, 7) is 0.605. The molecular formula is C12H17ClN4O. The number of nitrogen functional groups attached to an aromatic ring is 1. The van der Waals surface area contributed by atoms with Crippen LogP contribution in [0.15, 0.2) is 0 Å². The second-order valence-corrected chi connectivity index (χ2v) is 4.89. The number of halogens is 1. The smallest absolute Gasteiger partial charge is 0.228 e. The first-order valence-electron chi connectivity index (χ1n) is 6.17. The molecule has 1 aliphatic carbocycles. The van der Waals surface area contributed by atoms with Crippen LogP contribution in [0.3, 0.4) is 0 Å². The van der Waals surface area contributed by atoms with Gasteiger partial charge < -0.3 is 15.9 Å². The molecule has 0 spiro atoms. The summed E-state index contributed by atoms with van der Waals surface area (Å²) < 4.78 is 5.66. The van der Waals surface area contributed by atoms with Crippen LogP contribution < -0.4 is 10.5 Å². The summed E-state index contributed by atoms with van der Waals surface area (Å²) in [5.41, 5.74) is 6.07. The van der Waals surface area contributed by atoms with Crippen LogP contribution in [0.5, 0.6) is 5.88 Å². The molecule has 6 heteroatoms. The van der Waals surface area contributed by atoms with Crippen molar-refractivity contribution in [2.24, 2.45) is 5.92 Å². The Labute approximate surface area is 111 Å². The van der Waals surface area contributed by atoms with E-state index in [9.17, 15) is 0 Å². The van der Waals surface area contributed by atoms with Crippen LogP contribution >= 0.6 is 11.6 Å². The average molecular weight is 269 g/mol. The molecule has 1 saturated carbocycles. The number of anilines is 1. The monoisotopic (exact) mass is 268 g/mol. The Morgan fingerprint density at radius 2 is 2.06 bits per heavy atom. The van der Waals surface area contributed by atoms with Crippen LogP contribution in [-0.2, 0) is 0 Å². The van der Waals surface area contributed by atoms with Gasteiger partial charge in [0, 0.05) is 6.21 Å². The van der Waals surface area contributed by atoms with Crippen LogP contribution in [0, 0.1) is 11.3 Å². The van der Waals surface area contributed by atoms with E-state index in [-0.39, 0.29) is 11.1 Å². The predicted molar refractivity (Wildman–Crippen MR) is 71.4 cm³/mol. The lowest BCUT2D eigenvalue weighted by Crippen LogP contribution is -2.17. The highest BCUT2D eigenvalue weighted by atomic mass is 35.5. The number of rotatable bonds is 4. The fourth-order valence-corrected chi connectivity index (χ4v) is 2.40. The molecule has 0 amide bonds. The third-order valence-electron chi connectivity index (χ3n) is 3.24. The first-order valence-corrected chi connectivity index (χ1v) is 6.54. The predicted octanol–water partition coefficient (Wildman–Crippen LogP) is 2.67. The number of aromatic nitrogens is 2. The van der Waals surface area contributed by atoms with Crippen molar-refractivity contribution in [3.8, 4) is 5.88 Å². The van der Waals surface area contributed by atoms with Gasteiger partial charge in [-0.2, -0.15) is 4.98 Å². The SMILES string of the molecule is N=Cc1c(N)nc(Cl)nc1OCC1CCCCC1. The lowest BCUT2D eigenvalue weighted by molar-refractivity contribution is 0.202. The van der Waals surface area contributed by atoms with Gasteiger partial charge in [0.25, 0.3) is 0 Å². The Morgan fingerprint density at radius 1 is 1.33 bits per heavy atom. The van der Waals surface area contributed by atoms with Crippen LogP contribution in [0.4, 0.5) is 5.82 Å². The molecule has 1 heterocycles. The Bertz CT molecular complexity index is 432. The fourth-order valence-electron chi connectivity index (χ4n) is 2.23. The molecule has 2 rings (SSSR count). The van der Waals surface area contributed by atoms with E-state index in [0.29, 0.717) is 24.0 Å². The molecule has 5 nitrogen and oxygen atoms in total. The molecule has 0 atom stereocenters. The molecule has 3 N–H and O–H groups in total. The summed E-state index contributed by atoms with van der Waals surface area (Å²) in [5.74, 6) is 1.06. The first kappa shape index (κ1) is 13.1. The van der Waals surface area contributed by atoms with Gasteiger partial charge in [-0.05, 0) is 30.4 Å². The van der Waals surface area contributed by atoms with Gasteiger partial charge in [-0.3, -0.25) is 0 Å². The number of nitrogens with one attached hydrogen (secondary N) is 1. The lowest BCUT2D eigenvalue weighted by atomic mass is 9.90. The zero-order valence-corrected chi connectivity index (χ0v) is 10.9. The topological polar surface area (TPSA) is 84.9 Å². The Morgan fingerprint density at radius 3 is 2.72 bits per heavy atom. The highest BCUT2D eigenvalue weighted by molar-refractivity contribution is 6.28. The van der Waals surface area contributed by atoms with Crippen LogP contribution in [0.25, 0.3) is 0 Å². The molecule has 98 valence electrons. The average Bonchev–Trinajstić information content (AvgIpc) is 2.37. The van der Waals surface area contributed by atoms with E-state index in [0.717, 1.165) is 6.21 Å². The molecule has 1 aromatic rings. The normalized spacial score (nSPS) is 16.5. The van der Waals surface area contributed by atoms with Gasteiger partial charge in [0.05, 0.1) is 12.2 Å². The summed E-state index contributed by atoms with van der Waals surface area (Å²) in [7, 11) is 0. The van der Waals surface area contributed by atoms with Crippen molar-refractivity contribution in [2.45, 2.75) is 32.1 Å². The van der Waals surface area contributed by atoms with Gasteiger partial charge in [0.15, 0.2) is 0 Å². The molecule has 0 aromatic carbocycles. The largest absolute Gasteiger partial charge is 0.477 e. The second kappa shape index (κ2) is 6.00. The van der Waals surface area contributed by atoms with Crippen molar-refractivity contribution in [1.29, 1.82) is 5.41 Å². The van der Waals surface area contributed by atoms with Crippen molar-refractivity contribution in [3.05, 3.63) is 10.8 Å². The van der Waals surface area contributed by atoms with Gasteiger partial charge in [0.2, 0.25) is 11.2 Å². The third kappa shape index (κ3) is 3.10. The van der Waals surface area contributed by atoms with Gasteiger partial charge in [-0.1, -0.05) is 19.3 Å². The maximum Gasteiger partial charge on any atom is 0.228 e. The minimum atomic E-state index is 0.0525. The summed E-state index contributed by atoms with van der Waals surface area (Å²) in [6, 6.07) is 0. The number of nitrogens with zero attached hydrogens (tertiary/aromatic N) is 2. The minimum absolute atomic E-state index is 0.0525. The van der Waals surface area contributed by atoms with E-state index < -0.39 is 0 Å². The summed E-state index contributed by atoms with van der Waals surface area (Å²) in [6.07, 6.45) is 7.31. The third-order valence-corrected chi connectivity index (χ3v) is 3.41.